The number of fused-ring (bicyclic) bond motifs is 1. The zero-order chi connectivity index (χ0) is 17.4. The van der Waals surface area contributed by atoms with Gasteiger partial charge in [0.1, 0.15) is 5.69 Å². The molecule has 6 heteroatoms. The standard InChI is InChI=1S/C19H22ClN3O2/c20-15-5-6-16-14(8-15)9-17(22-16)18(24)21-10-12-2-1-7-23(11-12)19(25)13-3-4-13/h5-6,8-9,12-13,22H,1-4,7,10-11H2,(H,21,24). The summed E-state index contributed by atoms with van der Waals surface area (Å²) in [6.45, 7) is 2.23. The first-order chi connectivity index (χ1) is 12.1. The second-order valence-electron chi connectivity index (χ2n) is 7.19. The van der Waals surface area contributed by atoms with Crippen molar-refractivity contribution in [2.75, 3.05) is 19.6 Å². The highest BCUT2D eigenvalue weighted by Gasteiger charge is 2.35. The van der Waals surface area contributed by atoms with Gasteiger partial charge in [-0.15, -0.1) is 0 Å². The molecular formula is C19H22ClN3O2. The summed E-state index contributed by atoms with van der Waals surface area (Å²) >= 11 is 5.99. The maximum atomic E-state index is 12.4. The van der Waals surface area contributed by atoms with Crippen molar-refractivity contribution in [2.45, 2.75) is 25.7 Å². The molecule has 1 saturated heterocycles. The van der Waals surface area contributed by atoms with Gasteiger partial charge >= 0.3 is 0 Å². The number of piperidine rings is 1. The van der Waals surface area contributed by atoms with Gasteiger partial charge in [0.15, 0.2) is 0 Å². The number of hydrogen-bond donors (Lipinski definition) is 2. The summed E-state index contributed by atoms with van der Waals surface area (Å²) < 4.78 is 0. The van der Waals surface area contributed by atoms with Gasteiger partial charge in [-0.3, -0.25) is 9.59 Å². The van der Waals surface area contributed by atoms with Crippen molar-refractivity contribution in [1.82, 2.24) is 15.2 Å². The zero-order valence-corrected chi connectivity index (χ0v) is 14.8. The van der Waals surface area contributed by atoms with Crippen molar-refractivity contribution in [2.24, 2.45) is 11.8 Å². The molecule has 1 aliphatic heterocycles. The maximum Gasteiger partial charge on any atom is 0.267 e. The van der Waals surface area contributed by atoms with Gasteiger partial charge in [0, 0.05) is 41.5 Å². The van der Waals surface area contributed by atoms with E-state index < -0.39 is 0 Å². The number of nitrogens with one attached hydrogen (secondary N) is 2. The molecular weight excluding hydrogens is 338 g/mol. The SMILES string of the molecule is O=C(NCC1CCCN(C(=O)C2CC2)C1)c1cc2cc(Cl)ccc2[nH]1. The van der Waals surface area contributed by atoms with E-state index in [-0.39, 0.29) is 11.8 Å². The lowest BCUT2D eigenvalue weighted by molar-refractivity contribution is -0.134. The number of aromatic amines is 1. The molecule has 0 radical (unpaired) electrons. The van der Waals surface area contributed by atoms with Crippen molar-refractivity contribution in [3.8, 4) is 0 Å². The van der Waals surface area contributed by atoms with Gasteiger partial charge in [0.05, 0.1) is 0 Å². The van der Waals surface area contributed by atoms with Crippen LogP contribution in [0.4, 0.5) is 0 Å². The smallest absolute Gasteiger partial charge is 0.267 e. The van der Waals surface area contributed by atoms with E-state index >= 15 is 0 Å². The van der Waals surface area contributed by atoms with Crippen LogP contribution < -0.4 is 5.32 Å². The van der Waals surface area contributed by atoms with Gasteiger partial charge in [0.25, 0.3) is 5.91 Å². The summed E-state index contributed by atoms with van der Waals surface area (Å²) in [6, 6.07) is 7.33. The lowest BCUT2D eigenvalue weighted by Gasteiger charge is -2.33. The average molecular weight is 360 g/mol. The highest BCUT2D eigenvalue weighted by molar-refractivity contribution is 6.31. The van der Waals surface area contributed by atoms with Crippen molar-refractivity contribution >= 4 is 34.3 Å². The van der Waals surface area contributed by atoms with Gasteiger partial charge < -0.3 is 15.2 Å². The molecule has 2 heterocycles. The van der Waals surface area contributed by atoms with Crippen LogP contribution in [0.5, 0.6) is 0 Å². The molecule has 1 aliphatic carbocycles. The highest BCUT2D eigenvalue weighted by atomic mass is 35.5. The first-order valence-electron chi connectivity index (χ1n) is 8.95. The molecule has 132 valence electrons. The maximum absolute atomic E-state index is 12.4. The third-order valence-electron chi connectivity index (χ3n) is 5.14. The Labute approximate surface area is 151 Å². The molecule has 1 aromatic heterocycles. The number of amides is 2. The Morgan fingerprint density at radius 3 is 2.88 bits per heavy atom. The Morgan fingerprint density at radius 1 is 1.24 bits per heavy atom. The van der Waals surface area contributed by atoms with Crippen LogP contribution in [-0.2, 0) is 4.79 Å². The minimum absolute atomic E-state index is 0.113. The lowest BCUT2D eigenvalue weighted by atomic mass is 9.97. The molecule has 0 spiro atoms. The Balaban J connectivity index is 1.35. The van der Waals surface area contributed by atoms with Crippen molar-refractivity contribution in [1.29, 1.82) is 0 Å². The Morgan fingerprint density at radius 2 is 2.08 bits per heavy atom. The molecule has 25 heavy (non-hydrogen) atoms. The predicted molar refractivity (Wildman–Crippen MR) is 97.7 cm³/mol. The number of aromatic nitrogens is 1. The number of benzene rings is 1. The van der Waals surface area contributed by atoms with Gasteiger partial charge in [0.2, 0.25) is 5.91 Å². The molecule has 2 fully saturated rings. The van der Waals surface area contributed by atoms with Gasteiger partial charge in [-0.05, 0) is 55.9 Å². The van der Waals surface area contributed by atoms with E-state index in [2.05, 4.69) is 10.3 Å². The molecule has 2 aliphatic rings. The molecule has 1 aromatic carbocycles. The minimum atomic E-state index is -0.113. The van der Waals surface area contributed by atoms with E-state index in [1.54, 1.807) is 6.07 Å². The normalized spacial score (nSPS) is 20.7. The van der Waals surface area contributed by atoms with Gasteiger partial charge in [-0.1, -0.05) is 11.6 Å². The average Bonchev–Trinajstić information content (AvgIpc) is 3.38. The summed E-state index contributed by atoms with van der Waals surface area (Å²) in [7, 11) is 0. The fraction of sp³-hybridized carbons (Fsp3) is 0.474. The number of hydrogen-bond acceptors (Lipinski definition) is 2. The van der Waals surface area contributed by atoms with Crippen LogP contribution in [0.2, 0.25) is 5.02 Å². The number of carbonyl (C=O) groups is 2. The molecule has 2 aromatic rings. The molecule has 2 amide bonds. The van der Waals surface area contributed by atoms with Crippen LogP contribution in [0.25, 0.3) is 10.9 Å². The molecule has 1 saturated carbocycles. The molecule has 0 bridgehead atoms. The second kappa shape index (κ2) is 6.71. The third kappa shape index (κ3) is 3.66. The number of likely N-dealkylation sites (tertiary alicyclic amines) is 1. The molecule has 4 rings (SSSR count). The van der Waals surface area contributed by atoms with E-state index in [4.69, 9.17) is 11.6 Å². The van der Waals surface area contributed by atoms with E-state index in [9.17, 15) is 9.59 Å². The summed E-state index contributed by atoms with van der Waals surface area (Å²) in [5.74, 6) is 0.798. The number of nitrogens with zero attached hydrogens (tertiary/aromatic N) is 1. The van der Waals surface area contributed by atoms with Crippen molar-refractivity contribution < 1.29 is 9.59 Å². The zero-order valence-electron chi connectivity index (χ0n) is 14.1. The summed E-state index contributed by atoms with van der Waals surface area (Å²) in [4.78, 5) is 29.7. The van der Waals surface area contributed by atoms with E-state index in [0.29, 0.717) is 29.1 Å². The number of H-pyrrole nitrogens is 1. The first-order valence-corrected chi connectivity index (χ1v) is 9.33. The van der Waals surface area contributed by atoms with E-state index in [1.807, 2.05) is 23.1 Å². The van der Waals surface area contributed by atoms with Crippen LogP contribution in [0.1, 0.15) is 36.2 Å². The van der Waals surface area contributed by atoms with Crippen molar-refractivity contribution in [3.63, 3.8) is 0 Å². The fourth-order valence-corrected chi connectivity index (χ4v) is 3.76. The molecule has 5 nitrogen and oxygen atoms in total. The third-order valence-corrected chi connectivity index (χ3v) is 5.37. The fourth-order valence-electron chi connectivity index (χ4n) is 3.58. The monoisotopic (exact) mass is 359 g/mol. The van der Waals surface area contributed by atoms with Gasteiger partial charge in [-0.25, -0.2) is 0 Å². The molecule has 1 atom stereocenters. The van der Waals surface area contributed by atoms with E-state index in [1.165, 1.54) is 0 Å². The quantitative estimate of drug-likeness (QED) is 0.880. The Hall–Kier alpha value is -2.01. The first kappa shape index (κ1) is 16.5. The van der Waals surface area contributed by atoms with Crippen LogP contribution in [-0.4, -0.2) is 41.3 Å². The molecule has 2 N–H and O–H groups in total. The molecule has 1 unspecified atom stereocenters. The number of halogens is 1. The summed E-state index contributed by atoms with van der Waals surface area (Å²) in [5.41, 5.74) is 1.44. The van der Waals surface area contributed by atoms with Crippen LogP contribution in [0.15, 0.2) is 24.3 Å². The predicted octanol–water partition coefficient (Wildman–Crippen LogP) is 3.20. The highest BCUT2D eigenvalue weighted by Crippen LogP contribution is 2.32. The van der Waals surface area contributed by atoms with Gasteiger partial charge in [-0.2, -0.15) is 0 Å². The summed E-state index contributed by atoms with van der Waals surface area (Å²) in [6.07, 6.45) is 4.16. The van der Waals surface area contributed by atoms with Crippen LogP contribution in [0, 0.1) is 11.8 Å². The van der Waals surface area contributed by atoms with Crippen LogP contribution >= 0.6 is 11.6 Å². The minimum Gasteiger partial charge on any atom is -0.351 e. The van der Waals surface area contributed by atoms with E-state index in [0.717, 1.165) is 49.7 Å². The lowest BCUT2D eigenvalue weighted by Crippen LogP contribution is -2.44. The van der Waals surface area contributed by atoms with Crippen LogP contribution in [0.3, 0.4) is 0 Å². The summed E-state index contributed by atoms with van der Waals surface area (Å²) in [5, 5.41) is 4.59. The number of carbonyl (C=O) groups excluding carboxylic acids is 2. The number of rotatable bonds is 4. The Bertz CT molecular complexity index is 812. The van der Waals surface area contributed by atoms with Crippen molar-refractivity contribution in [3.05, 3.63) is 35.0 Å². The Kier molecular flexibility index (Phi) is 4.42. The topological polar surface area (TPSA) is 65.2 Å². The largest absolute Gasteiger partial charge is 0.351 e. The second-order valence-corrected chi connectivity index (χ2v) is 7.63.